The molecule has 1 aliphatic heterocycles. The van der Waals surface area contributed by atoms with Crippen molar-refractivity contribution < 1.29 is 43.9 Å². The molecule has 2 atom stereocenters. The third-order valence-electron chi connectivity index (χ3n) is 1.60. The minimum atomic E-state index is -4.09. The van der Waals surface area contributed by atoms with Crippen LogP contribution in [0, 0.1) is 0 Å². The zero-order valence-electron chi connectivity index (χ0n) is 7.02. The molecular formula is C5H11NNaO3PS. The van der Waals surface area contributed by atoms with Crippen molar-refractivity contribution in [3.8, 4) is 0 Å². The zero-order chi connectivity index (χ0) is 8.32. The smallest absolute Gasteiger partial charge is 0.770 e. The summed E-state index contributed by atoms with van der Waals surface area (Å²) in [6.45, 7) is -3.13. The van der Waals surface area contributed by atoms with Gasteiger partial charge in [-0.3, -0.25) is 4.57 Å². The van der Waals surface area contributed by atoms with Crippen molar-refractivity contribution in [1.29, 1.82) is 0 Å². The van der Waals surface area contributed by atoms with Crippen molar-refractivity contribution in [3.05, 3.63) is 0 Å². The van der Waals surface area contributed by atoms with E-state index in [1.807, 2.05) is 0 Å². The summed E-state index contributed by atoms with van der Waals surface area (Å²) in [6.07, 6.45) is 2.10. The van der Waals surface area contributed by atoms with Crippen LogP contribution in [0.4, 0.5) is 0 Å². The normalized spacial score (nSPS) is 27.7. The Bertz CT molecular complexity index is 170. The molecule has 1 unspecified atom stereocenters. The van der Waals surface area contributed by atoms with Crippen molar-refractivity contribution in [2.75, 3.05) is 12.3 Å². The Morgan fingerprint density at radius 2 is 2.42 bits per heavy atom. The fourth-order valence-electron chi connectivity index (χ4n) is 1.08. The van der Waals surface area contributed by atoms with E-state index in [2.05, 4.69) is 5.32 Å². The molecule has 12 heavy (non-hydrogen) atoms. The van der Waals surface area contributed by atoms with E-state index in [0.717, 1.165) is 19.4 Å². The molecule has 0 amide bonds. The summed E-state index contributed by atoms with van der Waals surface area (Å²) in [7, 11) is 0. The van der Waals surface area contributed by atoms with Gasteiger partial charge in [0.2, 0.25) is 0 Å². The molecule has 0 aromatic carbocycles. The number of hydrogen-bond donors (Lipinski definition) is 2. The Balaban J connectivity index is 0.00000121. The molecule has 1 fully saturated rings. The second-order valence-corrected chi connectivity index (χ2v) is 6.25. The molecule has 0 saturated carbocycles. The number of nitrogens with one attached hydrogen (secondary N) is 1. The molecule has 1 saturated heterocycles. The fourth-order valence-corrected chi connectivity index (χ4v) is 2.84. The molecule has 2 N–H and O–H groups in total. The molecule has 7 heteroatoms. The van der Waals surface area contributed by atoms with Gasteiger partial charge in [0.15, 0.2) is 6.80 Å². The topological polar surface area (TPSA) is 72.4 Å². The maximum Gasteiger partial charge on any atom is 1.00 e. The van der Waals surface area contributed by atoms with Gasteiger partial charge in [-0.1, -0.05) is 11.4 Å². The van der Waals surface area contributed by atoms with Gasteiger partial charge in [-0.15, -0.1) is 0 Å². The van der Waals surface area contributed by atoms with Crippen LogP contribution in [0.1, 0.15) is 12.8 Å². The third-order valence-corrected chi connectivity index (χ3v) is 3.91. The van der Waals surface area contributed by atoms with Crippen molar-refractivity contribution in [3.63, 3.8) is 0 Å². The molecule has 1 heterocycles. The molecule has 0 aromatic heterocycles. The average Bonchev–Trinajstić information content (AvgIpc) is 2.32. The van der Waals surface area contributed by atoms with E-state index in [1.54, 1.807) is 0 Å². The van der Waals surface area contributed by atoms with Gasteiger partial charge in [0.05, 0.1) is 0 Å². The molecule has 0 aromatic rings. The van der Waals surface area contributed by atoms with Crippen molar-refractivity contribution in [2.45, 2.75) is 18.9 Å². The van der Waals surface area contributed by atoms with Gasteiger partial charge in [0.25, 0.3) is 0 Å². The predicted octanol–water partition coefficient (Wildman–Crippen LogP) is -3.06. The van der Waals surface area contributed by atoms with Gasteiger partial charge in [-0.2, -0.15) is 0 Å². The zero-order valence-corrected chi connectivity index (χ0v) is 10.7. The molecule has 4 nitrogen and oxygen atoms in total. The van der Waals surface area contributed by atoms with E-state index >= 15 is 0 Å². The van der Waals surface area contributed by atoms with Gasteiger partial charge >= 0.3 is 29.6 Å². The van der Waals surface area contributed by atoms with E-state index in [9.17, 15) is 9.46 Å². The van der Waals surface area contributed by atoms with E-state index in [1.165, 1.54) is 0 Å². The quantitative estimate of drug-likeness (QED) is 0.389. The van der Waals surface area contributed by atoms with Crippen molar-refractivity contribution in [2.24, 2.45) is 0 Å². The predicted molar refractivity (Wildman–Crippen MR) is 43.3 cm³/mol. The van der Waals surface area contributed by atoms with Crippen LogP contribution in [0.2, 0.25) is 0 Å². The Hall–Kier alpha value is 1.46. The first-order chi connectivity index (χ1) is 5.08. The number of rotatable bonds is 3. The summed E-state index contributed by atoms with van der Waals surface area (Å²) in [6, 6.07) is 0.259. The van der Waals surface area contributed by atoms with Crippen LogP contribution < -0.4 is 39.8 Å². The third kappa shape index (κ3) is 6.00. The minimum Gasteiger partial charge on any atom is -0.770 e. The van der Waals surface area contributed by atoms with Crippen LogP contribution in [0.25, 0.3) is 0 Å². The summed E-state index contributed by atoms with van der Waals surface area (Å²) >= 11 is 0.624. The summed E-state index contributed by atoms with van der Waals surface area (Å²) < 4.78 is 10.3. The minimum absolute atomic E-state index is 0. The van der Waals surface area contributed by atoms with Crippen molar-refractivity contribution in [1.82, 2.24) is 5.32 Å². The molecular weight excluding hydrogens is 208 g/mol. The summed E-state index contributed by atoms with van der Waals surface area (Å²) in [5.41, 5.74) is 0. The van der Waals surface area contributed by atoms with Gasteiger partial charge in [0.1, 0.15) is 0 Å². The first kappa shape index (κ1) is 13.5. The summed E-state index contributed by atoms with van der Waals surface area (Å²) in [5, 5.41) is 3.14. The van der Waals surface area contributed by atoms with E-state index in [4.69, 9.17) is 4.89 Å². The number of hydrogen-bond acceptors (Lipinski definition) is 4. The second kappa shape index (κ2) is 6.04. The Kier molecular flexibility index (Phi) is 6.77. The Labute approximate surface area is 98.1 Å². The van der Waals surface area contributed by atoms with Gasteiger partial charge in [-0.05, 0) is 19.4 Å². The summed E-state index contributed by atoms with van der Waals surface area (Å²) in [5.74, 6) is 0.456. The first-order valence-corrected chi connectivity index (χ1v) is 6.66. The largest absolute Gasteiger partial charge is 1.00 e. The molecule has 0 radical (unpaired) electrons. The standard InChI is InChI=1S/C5H12NO3PS.Na/c7-10(8,9)11-4-5-2-1-3-6-5;/h5-6H,1-4H2,(H2,7,8,9);/q;+1/p-1/t5-;/m0./s1. The van der Waals surface area contributed by atoms with Crippen LogP contribution in [0.3, 0.4) is 0 Å². The van der Waals surface area contributed by atoms with Crippen molar-refractivity contribution >= 4 is 18.2 Å². The fraction of sp³-hybridized carbons (Fsp3) is 1.00. The van der Waals surface area contributed by atoms with Crippen LogP contribution >= 0.6 is 18.2 Å². The van der Waals surface area contributed by atoms with Crippen LogP contribution in [0.15, 0.2) is 0 Å². The Morgan fingerprint density at radius 1 is 1.75 bits per heavy atom. The molecule has 0 bridgehead atoms. The maximum atomic E-state index is 10.3. The molecule has 0 aliphatic carbocycles. The average molecular weight is 219 g/mol. The van der Waals surface area contributed by atoms with E-state index in [-0.39, 0.29) is 35.6 Å². The molecule has 1 aliphatic rings. The molecule has 0 spiro atoms. The monoisotopic (exact) mass is 219 g/mol. The van der Waals surface area contributed by atoms with Crippen LogP contribution in [-0.4, -0.2) is 23.2 Å². The van der Waals surface area contributed by atoms with Gasteiger partial charge < -0.3 is 15.1 Å². The van der Waals surface area contributed by atoms with E-state index < -0.39 is 6.80 Å². The van der Waals surface area contributed by atoms with Gasteiger partial charge in [0, 0.05) is 11.8 Å². The SMILES string of the molecule is O=P([O-])(O)SC[C@@H]1CCCN1.[Na+]. The van der Waals surface area contributed by atoms with Gasteiger partial charge in [-0.25, -0.2) is 0 Å². The first-order valence-electron chi connectivity index (χ1n) is 3.50. The second-order valence-electron chi connectivity index (χ2n) is 2.56. The summed E-state index contributed by atoms with van der Waals surface area (Å²) in [4.78, 5) is 18.7. The molecule has 66 valence electrons. The van der Waals surface area contributed by atoms with Crippen LogP contribution in [-0.2, 0) is 4.57 Å². The maximum absolute atomic E-state index is 10.3. The molecule has 1 rings (SSSR count). The van der Waals surface area contributed by atoms with E-state index in [0.29, 0.717) is 17.1 Å². The Morgan fingerprint density at radius 3 is 2.83 bits per heavy atom. The van der Waals surface area contributed by atoms with Crippen LogP contribution in [0.5, 0.6) is 0 Å².